The number of nitrogens with two attached hydrogens (primary N) is 1. The van der Waals surface area contributed by atoms with E-state index in [9.17, 15) is 4.79 Å². The molecule has 1 saturated carbocycles. The molecule has 1 fully saturated rings. The summed E-state index contributed by atoms with van der Waals surface area (Å²) >= 11 is 5.98. The number of rotatable bonds is 4. The second-order valence-corrected chi connectivity index (χ2v) is 5.62. The highest BCUT2D eigenvalue weighted by Crippen LogP contribution is 2.30. The van der Waals surface area contributed by atoms with E-state index in [1.807, 2.05) is 6.92 Å². The molecule has 1 aliphatic rings. The van der Waals surface area contributed by atoms with E-state index in [2.05, 4.69) is 5.32 Å². The molecule has 0 aromatic heterocycles. The third kappa shape index (κ3) is 3.87. The van der Waals surface area contributed by atoms with Crippen molar-refractivity contribution >= 4 is 23.2 Å². The molecule has 2 rings (SSSR count). The first-order chi connectivity index (χ1) is 9.60. The maximum absolute atomic E-state index is 12.3. The predicted molar refractivity (Wildman–Crippen MR) is 81.2 cm³/mol. The maximum Gasteiger partial charge on any atom is 0.227 e. The van der Waals surface area contributed by atoms with Gasteiger partial charge in [0.25, 0.3) is 0 Å². The van der Waals surface area contributed by atoms with Crippen LogP contribution in [-0.2, 0) is 4.79 Å². The van der Waals surface area contributed by atoms with Gasteiger partial charge in [-0.15, -0.1) is 0 Å². The summed E-state index contributed by atoms with van der Waals surface area (Å²) in [7, 11) is 0. The van der Waals surface area contributed by atoms with E-state index in [4.69, 9.17) is 22.1 Å². The molecular formula is C15H21ClN2O2. The molecular weight excluding hydrogens is 276 g/mol. The zero-order valence-electron chi connectivity index (χ0n) is 11.7. The predicted octanol–water partition coefficient (Wildman–Crippen LogP) is 3.19. The molecule has 0 radical (unpaired) electrons. The molecule has 0 bridgehead atoms. The van der Waals surface area contributed by atoms with Gasteiger partial charge < -0.3 is 15.8 Å². The van der Waals surface area contributed by atoms with Crippen molar-refractivity contribution in [3.05, 3.63) is 23.2 Å². The fourth-order valence-corrected chi connectivity index (χ4v) is 2.75. The van der Waals surface area contributed by atoms with Crippen molar-refractivity contribution in [2.24, 2.45) is 11.7 Å². The van der Waals surface area contributed by atoms with Gasteiger partial charge in [0.2, 0.25) is 5.91 Å². The molecule has 3 N–H and O–H groups in total. The first-order valence-electron chi connectivity index (χ1n) is 7.09. The smallest absolute Gasteiger partial charge is 0.227 e. The Balaban J connectivity index is 2.08. The second-order valence-electron chi connectivity index (χ2n) is 5.19. The monoisotopic (exact) mass is 296 g/mol. The van der Waals surface area contributed by atoms with E-state index in [0.29, 0.717) is 23.1 Å². The fraction of sp³-hybridized carbons (Fsp3) is 0.533. The Morgan fingerprint density at radius 3 is 3.00 bits per heavy atom. The number of hydrogen-bond acceptors (Lipinski definition) is 3. The lowest BCUT2D eigenvalue weighted by Gasteiger charge is -2.26. The van der Waals surface area contributed by atoms with Crippen LogP contribution < -0.4 is 15.8 Å². The van der Waals surface area contributed by atoms with Crippen LogP contribution in [0.5, 0.6) is 5.75 Å². The Morgan fingerprint density at radius 2 is 2.30 bits per heavy atom. The largest absolute Gasteiger partial charge is 0.492 e. The minimum absolute atomic E-state index is 0.00312. The van der Waals surface area contributed by atoms with Crippen molar-refractivity contribution in [3.63, 3.8) is 0 Å². The quantitative estimate of drug-likeness (QED) is 0.897. The van der Waals surface area contributed by atoms with Crippen LogP contribution in [0.1, 0.15) is 32.6 Å². The van der Waals surface area contributed by atoms with Crippen LogP contribution in [0.4, 0.5) is 5.69 Å². The molecule has 2 unspecified atom stereocenters. The molecule has 0 spiro atoms. The normalized spacial score (nSPS) is 22.4. The first-order valence-corrected chi connectivity index (χ1v) is 7.46. The molecule has 0 aliphatic heterocycles. The highest BCUT2D eigenvalue weighted by molar-refractivity contribution is 6.31. The van der Waals surface area contributed by atoms with Crippen molar-refractivity contribution in [1.82, 2.24) is 0 Å². The minimum Gasteiger partial charge on any atom is -0.492 e. The number of carbonyl (C=O) groups excluding carboxylic acids is 1. The second kappa shape index (κ2) is 6.95. The lowest BCUT2D eigenvalue weighted by Crippen LogP contribution is -2.34. The van der Waals surface area contributed by atoms with Gasteiger partial charge in [0.05, 0.1) is 12.3 Å². The molecule has 1 aromatic rings. The number of carbonyl (C=O) groups is 1. The molecule has 110 valence electrons. The average molecular weight is 297 g/mol. The third-order valence-corrected chi connectivity index (χ3v) is 3.82. The Bertz CT molecular complexity index is 479. The molecule has 0 saturated heterocycles. The van der Waals surface area contributed by atoms with Gasteiger partial charge in [-0.3, -0.25) is 4.79 Å². The van der Waals surface area contributed by atoms with Gasteiger partial charge in [-0.2, -0.15) is 0 Å². The Morgan fingerprint density at radius 1 is 1.50 bits per heavy atom. The standard InChI is InChI=1S/C15H21ClN2O2/c1-2-20-14-7-6-11(16)9-13(14)18-15(19)10-4-3-5-12(17)8-10/h6-7,9-10,12H,2-5,8,17H2,1H3,(H,18,19). The van der Waals surface area contributed by atoms with Crippen LogP contribution in [0.3, 0.4) is 0 Å². The lowest BCUT2D eigenvalue weighted by atomic mass is 9.85. The summed E-state index contributed by atoms with van der Waals surface area (Å²) in [5.41, 5.74) is 6.56. The number of nitrogens with one attached hydrogen (secondary N) is 1. The maximum atomic E-state index is 12.3. The summed E-state index contributed by atoms with van der Waals surface area (Å²) in [4.78, 5) is 12.3. The third-order valence-electron chi connectivity index (χ3n) is 3.58. The van der Waals surface area contributed by atoms with Crippen molar-refractivity contribution in [1.29, 1.82) is 0 Å². The van der Waals surface area contributed by atoms with Gasteiger partial charge in [-0.1, -0.05) is 18.0 Å². The Kier molecular flexibility index (Phi) is 5.26. The first kappa shape index (κ1) is 15.1. The van der Waals surface area contributed by atoms with Gasteiger partial charge in [0, 0.05) is 17.0 Å². The van der Waals surface area contributed by atoms with Crippen molar-refractivity contribution in [3.8, 4) is 5.75 Å². The summed E-state index contributed by atoms with van der Waals surface area (Å²) in [6, 6.07) is 5.37. The fourth-order valence-electron chi connectivity index (χ4n) is 2.58. The summed E-state index contributed by atoms with van der Waals surface area (Å²) in [6.07, 6.45) is 3.65. The Hall–Kier alpha value is -1.26. The summed E-state index contributed by atoms with van der Waals surface area (Å²) in [6.45, 7) is 2.44. The zero-order chi connectivity index (χ0) is 14.5. The molecule has 0 heterocycles. The highest BCUT2D eigenvalue weighted by atomic mass is 35.5. The van der Waals surface area contributed by atoms with Crippen molar-refractivity contribution in [2.75, 3.05) is 11.9 Å². The molecule has 1 aromatic carbocycles. The number of amides is 1. The molecule has 1 aliphatic carbocycles. The molecule has 20 heavy (non-hydrogen) atoms. The summed E-state index contributed by atoms with van der Waals surface area (Å²) < 4.78 is 5.50. The van der Waals surface area contributed by atoms with Crippen LogP contribution in [0.15, 0.2) is 18.2 Å². The van der Waals surface area contributed by atoms with Gasteiger partial charge in [0.15, 0.2) is 0 Å². The number of halogens is 1. The van der Waals surface area contributed by atoms with Crippen LogP contribution in [0.25, 0.3) is 0 Å². The number of anilines is 1. The molecule has 2 atom stereocenters. The van der Waals surface area contributed by atoms with Gasteiger partial charge in [-0.25, -0.2) is 0 Å². The van der Waals surface area contributed by atoms with Gasteiger partial charge >= 0.3 is 0 Å². The van der Waals surface area contributed by atoms with E-state index in [1.54, 1.807) is 18.2 Å². The SMILES string of the molecule is CCOc1ccc(Cl)cc1NC(=O)C1CCCC(N)C1. The lowest BCUT2D eigenvalue weighted by molar-refractivity contribution is -0.120. The van der Waals surface area contributed by atoms with Gasteiger partial charge in [-0.05, 0) is 44.4 Å². The molecule has 4 nitrogen and oxygen atoms in total. The highest BCUT2D eigenvalue weighted by Gasteiger charge is 2.25. The van der Waals surface area contributed by atoms with Crippen molar-refractivity contribution in [2.45, 2.75) is 38.6 Å². The zero-order valence-corrected chi connectivity index (χ0v) is 12.5. The van der Waals surface area contributed by atoms with Crippen LogP contribution in [0.2, 0.25) is 5.02 Å². The minimum atomic E-state index is -0.0211. The Labute approximate surface area is 124 Å². The van der Waals surface area contributed by atoms with E-state index in [1.165, 1.54) is 0 Å². The van der Waals surface area contributed by atoms with Crippen LogP contribution >= 0.6 is 11.6 Å². The van der Waals surface area contributed by atoms with E-state index in [0.717, 1.165) is 25.7 Å². The number of ether oxygens (including phenoxy) is 1. The number of hydrogen-bond donors (Lipinski definition) is 2. The van der Waals surface area contributed by atoms with Crippen molar-refractivity contribution < 1.29 is 9.53 Å². The molecule has 5 heteroatoms. The van der Waals surface area contributed by atoms with E-state index < -0.39 is 0 Å². The topological polar surface area (TPSA) is 64.3 Å². The van der Waals surface area contributed by atoms with E-state index >= 15 is 0 Å². The summed E-state index contributed by atoms with van der Waals surface area (Å²) in [5.74, 6) is 0.626. The van der Waals surface area contributed by atoms with E-state index in [-0.39, 0.29) is 17.9 Å². The summed E-state index contributed by atoms with van der Waals surface area (Å²) in [5, 5.41) is 3.50. The number of benzene rings is 1. The average Bonchev–Trinajstić information content (AvgIpc) is 2.42. The molecule has 1 amide bonds. The van der Waals surface area contributed by atoms with Crippen LogP contribution in [0, 0.1) is 5.92 Å². The van der Waals surface area contributed by atoms with Crippen LogP contribution in [-0.4, -0.2) is 18.6 Å². The van der Waals surface area contributed by atoms with Gasteiger partial charge in [0.1, 0.15) is 5.75 Å².